The quantitative estimate of drug-likeness (QED) is 0.825. The lowest BCUT2D eigenvalue weighted by Gasteiger charge is -2.38. The Balaban J connectivity index is 1.60. The van der Waals surface area contributed by atoms with Crippen molar-refractivity contribution in [2.75, 3.05) is 58.9 Å². The van der Waals surface area contributed by atoms with Gasteiger partial charge in [-0.15, -0.1) is 0 Å². The molecule has 2 heterocycles. The van der Waals surface area contributed by atoms with E-state index in [9.17, 15) is 4.79 Å². The molecule has 24 heavy (non-hydrogen) atoms. The lowest BCUT2D eigenvalue weighted by molar-refractivity contribution is -0.135. The van der Waals surface area contributed by atoms with Crippen molar-refractivity contribution in [3.63, 3.8) is 0 Å². The second kappa shape index (κ2) is 7.40. The molecule has 2 fully saturated rings. The lowest BCUT2D eigenvalue weighted by Crippen LogP contribution is -2.53. The number of para-hydroxylation sites is 2. The van der Waals surface area contributed by atoms with E-state index in [1.807, 2.05) is 30.1 Å². The molecule has 2 saturated heterocycles. The zero-order valence-electron chi connectivity index (χ0n) is 14.8. The summed E-state index contributed by atoms with van der Waals surface area (Å²) in [4.78, 5) is 19.2. The van der Waals surface area contributed by atoms with Crippen molar-refractivity contribution in [3.8, 4) is 5.75 Å². The minimum Gasteiger partial charge on any atom is -0.495 e. The van der Waals surface area contributed by atoms with Crippen molar-refractivity contribution in [1.29, 1.82) is 0 Å². The number of carbonyl (C=O) groups is 1. The van der Waals surface area contributed by atoms with Crippen LogP contribution in [-0.2, 0) is 9.53 Å². The highest BCUT2D eigenvalue weighted by atomic mass is 16.5. The van der Waals surface area contributed by atoms with Gasteiger partial charge >= 0.3 is 0 Å². The van der Waals surface area contributed by atoms with E-state index >= 15 is 0 Å². The second-order valence-electron chi connectivity index (χ2n) is 6.53. The average molecular weight is 333 g/mol. The Morgan fingerprint density at radius 1 is 1.12 bits per heavy atom. The summed E-state index contributed by atoms with van der Waals surface area (Å²) in [7, 11) is 5.42. The molecular weight excluding hydrogens is 306 g/mol. The topological polar surface area (TPSA) is 45.3 Å². The number of likely N-dealkylation sites (N-methyl/N-ethyl adjacent to an activating group) is 1. The van der Waals surface area contributed by atoms with Crippen LogP contribution in [0.25, 0.3) is 0 Å². The molecule has 0 N–H and O–H groups in total. The van der Waals surface area contributed by atoms with Crippen LogP contribution in [-0.4, -0.2) is 81.8 Å². The molecule has 0 radical (unpaired) electrons. The van der Waals surface area contributed by atoms with E-state index < -0.39 is 0 Å². The molecule has 0 spiro atoms. The normalized spacial score (nSPS) is 25.1. The molecule has 0 unspecified atom stereocenters. The second-order valence-corrected chi connectivity index (χ2v) is 6.53. The molecule has 2 atom stereocenters. The van der Waals surface area contributed by atoms with E-state index in [4.69, 9.17) is 9.47 Å². The molecule has 1 amide bonds. The highest BCUT2D eigenvalue weighted by molar-refractivity contribution is 5.82. The number of hydrogen-bond acceptors (Lipinski definition) is 5. The Morgan fingerprint density at radius 3 is 2.46 bits per heavy atom. The third-order valence-corrected chi connectivity index (χ3v) is 5.15. The van der Waals surface area contributed by atoms with Crippen LogP contribution in [0.2, 0.25) is 0 Å². The zero-order valence-corrected chi connectivity index (χ0v) is 14.8. The summed E-state index contributed by atoms with van der Waals surface area (Å²) in [6.07, 6.45) is 0.956. The summed E-state index contributed by atoms with van der Waals surface area (Å²) < 4.78 is 10.9. The summed E-state index contributed by atoms with van der Waals surface area (Å²) in [5.74, 6) is 1.12. The first-order valence-electron chi connectivity index (χ1n) is 8.53. The zero-order chi connectivity index (χ0) is 17.1. The van der Waals surface area contributed by atoms with Crippen LogP contribution in [0.1, 0.15) is 6.42 Å². The van der Waals surface area contributed by atoms with Crippen molar-refractivity contribution >= 4 is 11.6 Å². The van der Waals surface area contributed by atoms with Gasteiger partial charge in [-0.05, 0) is 25.6 Å². The average Bonchev–Trinajstić information content (AvgIpc) is 3.02. The van der Waals surface area contributed by atoms with E-state index in [0.29, 0.717) is 0 Å². The monoisotopic (exact) mass is 333 g/mol. The molecule has 0 aliphatic carbocycles. The number of methoxy groups -OCH3 is 2. The predicted octanol–water partition coefficient (Wildman–Crippen LogP) is 1.06. The van der Waals surface area contributed by atoms with E-state index in [2.05, 4.69) is 15.9 Å². The van der Waals surface area contributed by atoms with Gasteiger partial charge in [0.25, 0.3) is 0 Å². The van der Waals surface area contributed by atoms with Crippen molar-refractivity contribution in [1.82, 2.24) is 9.80 Å². The Labute approximate surface area is 143 Å². The number of nitrogens with zero attached hydrogens (tertiary/aromatic N) is 3. The van der Waals surface area contributed by atoms with Gasteiger partial charge in [-0.3, -0.25) is 9.69 Å². The lowest BCUT2D eigenvalue weighted by atomic mass is 10.1. The summed E-state index contributed by atoms with van der Waals surface area (Å²) in [5.41, 5.74) is 1.10. The Kier molecular flexibility index (Phi) is 5.26. The molecule has 132 valence electrons. The van der Waals surface area contributed by atoms with Gasteiger partial charge in [0.05, 0.1) is 24.9 Å². The number of anilines is 1. The molecule has 0 aromatic heterocycles. The van der Waals surface area contributed by atoms with Crippen molar-refractivity contribution < 1.29 is 14.3 Å². The third-order valence-electron chi connectivity index (χ3n) is 5.15. The van der Waals surface area contributed by atoms with Gasteiger partial charge in [-0.25, -0.2) is 0 Å². The van der Waals surface area contributed by atoms with Crippen LogP contribution in [0, 0.1) is 0 Å². The number of amides is 1. The summed E-state index contributed by atoms with van der Waals surface area (Å²) >= 11 is 0. The Bertz CT molecular complexity index is 572. The number of piperazine rings is 1. The SMILES string of the molecule is COc1ccccc1N1CCN(C(=O)[C@@H]2C[C@H](OC)CN2C)CC1. The van der Waals surface area contributed by atoms with Crippen LogP contribution in [0.5, 0.6) is 5.75 Å². The number of ether oxygens (including phenoxy) is 2. The number of likely N-dealkylation sites (tertiary alicyclic amines) is 1. The fraction of sp³-hybridized carbons (Fsp3) is 0.611. The molecule has 6 nitrogen and oxygen atoms in total. The Hall–Kier alpha value is -1.79. The maximum absolute atomic E-state index is 12.8. The maximum atomic E-state index is 12.8. The molecule has 0 saturated carbocycles. The maximum Gasteiger partial charge on any atom is 0.240 e. The first-order valence-corrected chi connectivity index (χ1v) is 8.53. The molecule has 2 aliphatic heterocycles. The van der Waals surface area contributed by atoms with Gasteiger partial charge in [-0.1, -0.05) is 12.1 Å². The molecular formula is C18H27N3O3. The summed E-state index contributed by atoms with van der Waals surface area (Å²) in [6, 6.07) is 8.00. The van der Waals surface area contributed by atoms with Gasteiger partial charge in [-0.2, -0.15) is 0 Å². The van der Waals surface area contributed by atoms with Crippen molar-refractivity contribution in [3.05, 3.63) is 24.3 Å². The van der Waals surface area contributed by atoms with Gasteiger partial charge in [0.2, 0.25) is 5.91 Å². The molecule has 1 aromatic carbocycles. The largest absolute Gasteiger partial charge is 0.495 e. The highest BCUT2D eigenvalue weighted by Crippen LogP contribution is 2.29. The summed E-state index contributed by atoms with van der Waals surface area (Å²) in [6.45, 7) is 3.98. The molecule has 6 heteroatoms. The van der Waals surface area contributed by atoms with E-state index in [1.54, 1.807) is 14.2 Å². The predicted molar refractivity (Wildman–Crippen MR) is 93.6 cm³/mol. The van der Waals surface area contributed by atoms with Crippen LogP contribution in [0.4, 0.5) is 5.69 Å². The number of carbonyl (C=O) groups excluding carboxylic acids is 1. The van der Waals surface area contributed by atoms with E-state index in [1.165, 1.54) is 0 Å². The standard InChI is InChI=1S/C18H27N3O3/c1-19-13-14(23-2)12-16(19)18(22)21-10-8-20(9-11-21)15-6-4-5-7-17(15)24-3/h4-7,14,16H,8-13H2,1-3H3/t14-,16-/m0/s1. The van der Waals surface area contributed by atoms with Gasteiger partial charge < -0.3 is 19.3 Å². The Morgan fingerprint density at radius 2 is 1.83 bits per heavy atom. The molecule has 1 aromatic rings. The smallest absolute Gasteiger partial charge is 0.240 e. The van der Waals surface area contributed by atoms with Crippen molar-refractivity contribution in [2.45, 2.75) is 18.6 Å². The van der Waals surface area contributed by atoms with E-state index in [0.717, 1.165) is 50.6 Å². The number of benzene rings is 1. The van der Waals surface area contributed by atoms with Gasteiger partial charge in [0, 0.05) is 39.8 Å². The van der Waals surface area contributed by atoms with Crippen LogP contribution >= 0.6 is 0 Å². The minimum atomic E-state index is -0.0484. The minimum absolute atomic E-state index is 0.0484. The fourth-order valence-corrected chi connectivity index (χ4v) is 3.68. The van der Waals surface area contributed by atoms with Gasteiger partial charge in [0.15, 0.2) is 0 Å². The fourth-order valence-electron chi connectivity index (χ4n) is 3.68. The first kappa shape index (κ1) is 17.0. The number of rotatable bonds is 4. The molecule has 2 aliphatic rings. The van der Waals surface area contributed by atoms with Gasteiger partial charge in [0.1, 0.15) is 5.75 Å². The third kappa shape index (κ3) is 3.35. The summed E-state index contributed by atoms with van der Waals surface area (Å²) in [5, 5.41) is 0. The molecule has 0 bridgehead atoms. The van der Waals surface area contributed by atoms with E-state index in [-0.39, 0.29) is 18.1 Å². The van der Waals surface area contributed by atoms with Crippen LogP contribution < -0.4 is 9.64 Å². The van der Waals surface area contributed by atoms with Crippen LogP contribution in [0.3, 0.4) is 0 Å². The van der Waals surface area contributed by atoms with Crippen molar-refractivity contribution in [2.24, 2.45) is 0 Å². The van der Waals surface area contributed by atoms with Crippen LogP contribution in [0.15, 0.2) is 24.3 Å². The first-order chi connectivity index (χ1) is 11.6. The number of hydrogen-bond donors (Lipinski definition) is 0. The highest BCUT2D eigenvalue weighted by Gasteiger charge is 2.37. The molecule has 3 rings (SSSR count).